The molecule has 5 nitrogen and oxygen atoms in total. The van der Waals surface area contributed by atoms with Crippen molar-refractivity contribution < 1.29 is 19.6 Å². The Morgan fingerprint density at radius 3 is 2.18 bits per heavy atom. The number of nitrogens with zero attached hydrogens (tertiary/aromatic N) is 1. The van der Waals surface area contributed by atoms with Gasteiger partial charge in [-0.1, -0.05) is 26.2 Å². The second-order valence-corrected chi connectivity index (χ2v) is 7.51. The van der Waals surface area contributed by atoms with Crippen LogP contribution in [0.25, 0.3) is 0 Å². The fraction of sp³-hybridized carbons (Fsp3) is 1.00. The Hall–Kier alpha value is 0.0700. The lowest BCUT2D eigenvalue weighted by Gasteiger charge is -2.37. The Kier molecular flexibility index (Phi) is 4.43. The quantitative estimate of drug-likeness (QED) is 0.591. The van der Waals surface area contributed by atoms with Gasteiger partial charge in [-0.15, -0.1) is 10.3 Å². The molecule has 0 aromatic carbocycles. The molecule has 1 atom stereocenters. The average molecular weight is 264 g/mol. The largest absolute Gasteiger partial charge is 0.348 e. The maximum absolute atomic E-state index is 12.2. The van der Waals surface area contributed by atoms with E-state index in [1.807, 2.05) is 6.92 Å². The van der Waals surface area contributed by atoms with Crippen molar-refractivity contribution in [3.8, 4) is 0 Å². The fourth-order valence-electron chi connectivity index (χ4n) is 2.57. The van der Waals surface area contributed by atoms with Gasteiger partial charge in [-0.25, -0.2) is 0 Å². The fourth-order valence-corrected chi connectivity index (χ4v) is 3.93. The molecule has 1 heterocycles. The van der Waals surface area contributed by atoms with Crippen molar-refractivity contribution in [3.05, 3.63) is 0 Å². The van der Waals surface area contributed by atoms with Crippen molar-refractivity contribution in [1.29, 1.82) is 0 Å². The molecule has 1 rings (SSSR count). The number of unbranched alkanes of at least 4 members (excludes halogenated alkanes) is 2. The van der Waals surface area contributed by atoms with Crippen molar-refractivity contribution in [3.63, 3.8) is 0 Å². The molecule has 0 aromatic heterocycles. The molecule has 17 heavy (non-hydrogen) atoms. The first-order chi connectivity index (χ1) is 7.67. The predicted molar refractivity (Wildman–Crippen MR) is 64.8 cm³/mol. The van der Waals surface area contributed by atoms with Gasteiger partial charge in [0.05, 0.1) is 0 Å². The molecule has 6 heteroatoms. The average Bonchev–Trinajstić information content (AvgIpc) is 2.42. The van der Waals surface area contributed by atoms with Crippen LogP contribution in [0.1, 0.15) is 59.3 Å². The Morgan fingerprint density at radius 2 is 1.82 bits per heavy atom. The molecule has 1 aliphatic heterocycles. The number of hydroxylamine groups is 2. The van der Waals surface area contributed by atoms with Crippen LogP contribution < -0.4 is 0 Å². The van der Waals surface area contributed by atoms with Crippen LogP contribution in [0.2, 0.25) is 0 Å². The molecule has 1 saturated heterocycles. The molecule has 0 bridgehead atoms. The van der Waals surface area contributed by atoms with Gasteiger partial charge in [-0.3, -0.25) is 4.57 Å². The predicted octanol–water partition coefficient (Wildman–Crippen LogP) is 2.66. The van der Waals surface area contributed by atoms with Crippen LogP contribution in [0, 0.1) is 0 Å². The molecule has 1 aliphatic rings. The molecular formula is C11H23NO4P. The first kappa shape index (κ1) is 15.1. The summed E-state index contributed by atoms with van der Waals surface area (Å²) in [6, 6.07) is 0. The van der Waals surface area contributed by atoms with Crippen LogP contribution in [0.5, 0.6) is 0 Å². The van der Waals surface area contributed by atoms with Gasteiger partial charge in [0, 0.05) is 5.54 Å². The van der Waals surface area contributed by atoms with E-state index in [0.717, 1.165) is 12.8 Å². The Balaban J connectivity index is 2.94. The zero-order valence-electron chi connectivity index (χ0n) is 10.8. The lowest BCUT2D eigenvalue weighted by molar-refractivity contribution is -0.236. The van der Waals surface area contributed by atoms with Crippen LogP contribution in [0.3, 0.4) is 0 Å². The van der Waals surface area contributed by atoms with Gasteiger partial charge in [-0.05, 0) is 33.1 Å². The standard InChI is InChI=1S/C11H23NO4P/c1-4-5-6-7-11(17(14,15)16)9-8-10(2,3)12(11)13/h4-9H2,1-3H3,(H2,14,15,16). The summed E-state index contributed by atoms with van der Waals surface area (Å²) in [6.07, 6.45) is 3.68. The Morgan fingerprint density at radius 1 is 1.24 bits per heavy atom. The highest BCUT2D eigenvalue weighted by Crippen LogP contribution is 2.62. The summed E-state index contributed by atoms with van der Waals surface area (Å²) in [5.74, 6) is 0. The van der Waals surface area contributed by atoms with Crippen LogP contribution in [0.4, 0.5) is 0 Å². The highest BCUT2D eigenvalue weighted by Gasteiger charge is 2.60. The SMILES string of the molecule is CCCCCC1(P(=O)(O)O)CCC(C)(C)N1[O]. The van der Waals surface area contributed by atoms with E-state index in [-0.39, 0.29) is 12.8 Å². The van der Waals surface area contributed by atoms with E-state index in [1.165, 1.54) is 0 Å². The zero-order valence-corrected chi connectivity index (χ0v) is 11.7. The minimum absolute atomic E-state index is 0.289. The molecule has 1 fully saturated rings. The van der Waals surface area contributed by atoms with Crippen molar-refractivity contribution in [1.82, 2.24) is 5.06 Å². The van der Waals surface area contributed by atoms with Crippen molar-refractivity contribution in [2.75, 3.05) is 0 Å². The topological polar surface area (TPSA) is 80.7 Å². The molecule has 2 N–H and O–H groups in total. The van der Waals surface area contributed by atoms with Gasteiger partial charge >= 0.3 is 7.60 Å². The number of rotatable bonds is 5. The highest BCUT2D eigenvalue weighted by molar-refractivity contribution is 7.53. The normalized spacial score (nSPS) is 29.8. The van der Waals surface area contributed by atoms with E-state index in [0.29, 0.717) is 17.9 Å². The number of hydrogen-bond acceptors (Lipinski definition) is 2. The van der Waals surface area contributed by atoms with Crippen LogP contribution in [-0.4, -0.2) is 25.7 Å². The van der Waals surface area contributed by atoms with Gasteiger partial charge in [0.25, 0.3) is 0 Å². The van der Waals surface area contributed by atoms with Crippen LogP contribution in [-0.2, 0) is 9.77 Å². The minimum atomic E-state index is -4.41. The third kappa shape index (κ3) is 2.74. The first-order valence-corrected chi connectivity index (χ1v) is 7.82. The first-order valence-electron chi connectivity index (χ1n) is 6.20. The van der Waals surface area contributed by atoms with Crippen molar-refractivity contribution in [2.45, 2.75) is 70.1 Å². The van der Waals surface area contributed by atoms with E-state index in [4.69, 9.17) is 0 Å². The molecule has 1 unspecified atom stereocenters. The van der Waals surface area contributed by atoms with E-state index in [9.17, 15) is 19.6 Å². The Labute approximate surface area is 103 Å². The second-order valence-electron chi connectivity index (χ2n) is 5.59. The molecule has 0 saturated carbocycles. The van der Waals surface area contributed by atoms with Crippen LogP contribution in [0.15, 0.2) is 0 Å². The van der Waals surface area contributed by atoms with Gasteiger partial charge in [-0.2, -0.15) is 0 Å². The molecule has 0 aromatic rings. The molecule has 101 valence electrons. The van der Waals surface area contributed by atoms with Crippen LogP contribution >= 0.6 is 7.60 Å². The van der Waals surface area contributed by atoms with E-state index in [2.05, 4.69) is 0 Å². The third-order valence-electron chi connectivity index (χ3n) is 3.79. The molecule has 0 amide bonds. The molecule has 0 aliphatic carbocycles. The smallest absolute Gasteiger partial charge is 0.323 e. The van der Waals surface area contributed by atoms with Gasteiger partial charge in [0.2, 0.25) is 0 Å². The highest BCUT2D eigenvalue weighted by atomic mass is 31.2. The lowest BCUT2D eigenvalue weighted by Crippen LogP contribution is -2.48. The lowest BCUT2D eigenvalue weighted by atomic mass is 10.0. The van der Waals surface area contributed by atoms with Gasteiger partial charge < -0.3 is 9.79 Å². The summed E-state index contributed by atoms with van der Waals surface area (Å²) in [6.45, 7) is 5.52. The van der Waals surface area contributed by atoms with E-state index < -0.39 is 18.4 Å². The summed E-state index contributed by atoms with van der Waals surface area (Å²) in [5, 5.41) is 11.4. The zero-order chi connectivity index (χ0) is 13.3. The second kappa shape index (κ2) is 4.98. The third-order valence-corrected chi connectivity index (χ3v) is 5.50. The van der Waals surface area contributed by atoms with Gasteiger partial charge in [0.1, 0.15) is 0 Å². The van der Waals surface area contributed by atoms with Gasteiger partial charge in [0.15, 0.2) is 5.28 Å². The molecular weight excluding hydrogens is 241 g/mol. The maximum atomic E-state index is 12.2. The Bertz CT molecular complexity index is 315. The molecule has 0 spiro atoms. The monoisotopic (exact) mass is 264 g/mol. The minimum Gasteiger partial charge on any atom is -0.323 e. The molecule has 1 radical (unpaired) electrons. The summed E-state index contributed by atoms with van der Waals surface area (Å²) < 4.78 is 11.7. The summed E-state index contributed by atoms with van der Waals surface area (Å²) >= 11 is 0. The number of hydrogen-bond donors (Lipinski definition) is 2. The maximum Gasteiger partial charge on any atom is 0.348 e. The summed E-state index contributed by atoms with van der Waals surface area (Å²) in [5.41, 5.74) is -0.673. The summed E-state index contributed by atoms with van der Waals surface area (Å²) in [4.78, 5) is 19.1. The van der Waals surface area contributed by atoms with E-state index in [1.54, 1.807) is 13.8 Å². The summed E-state index contributed by atoms with van der Waals surface area (Å²) in [7, 11) is -4.41. The van der Waals surface area contributed by atoms with Crippen molar-refractivity contribution >= 4 is 7.60 Å². The van der Waals surface area contributed by atoms with E-state index >= 15 is 0 Å². The van der Waals surface area contributed by atoms with Crippen molar-refractivity contribution in [2.24, 2.45) is 0 Å².